The summed E-state index contributed by atoms with van der Waals surface area (Å²) >= 11 is 0. The molecule has 20 heavy (non-hydrogen) atoms. The topological polar surface area (TPSA) is 88.3 Å². The Hall–Kier alpha value is -0.990. The van der Waals surface area contributed by atoms with Gasteiger partial charge in [0, 0.05) is 19.0 Å². The number of aromatic nitrogens is 2. The highest BCUT2D eigenvalue weighted by Gasteiger charge is 2.33. The van der Waals surface area contributed by atoms with Gasteiger partial charge in [-0.25, -0.2) is 13.1 Å². The molecule has 7 nitrogen and oxygen atoms in total. The van der Waals surface area contributed by atoms with Crippen LogP contribution < -0.4 is 4.72 Å². The molecule has 2 aliphatic rings. The minimum absolute atomic E-state index is 0.160. The van der Waals surface area contributed by atoms with Gasteiger partial charge < -0.3 is 4.52 Å². The molecule has 8 heteroatoms. The van der Waals surface area contributed by atoms with Gasteiger partial charge in [-0.3, -0.25) is 4.90 Å². The van der Waals surface area contributed by atoms with Crippen LogP contribution in [0.15, 0.2) is 4.52 Å². The van der Waals surface area contributed by atoms with Crippen LogP contribution in [0.1, 0.15) is 49.4 Å². The summed E-state index contributed by atoms with van der Waals surface area (Å²) in [6.45, 7) is 2.04. The van der Waals surface area contributed by atoms with Gasteiger partial charge in [-0.15, -0.1) is 0 Å². The first-order chi connectivity index (χ1) is 9.53. The second kappa shape index (κ2) is 5.42. The van der Waals surface area contributed by atoms with Gasteiger partial charge in [0.15, 0.2) is 5.82 Å². The molecule has 3 rings (SSSR count). The van der Waals surface area contributed by atoms with Crippen molar-refractivity contribution in [2.75, 3.05) is 25.9 Å². The molecular weight excluding hydrogens is 280 g/mol. The van der Waals surface area contributed by atoms with E-state index in [9.17, 15) is 8.42 Å². The lowest BCUT2D eigenvalue weighted by Crippen LogP contribution is -2.34. The number of hydrogen-bond acceptors (Lipinski definition) is 6. The van der Waals surface area contributed by atoms with Crippen molar-refractivity contribution in [3.05, 3.63) is 11.7 Å². The maximum absolute atomic E-state index is 11.1. The first kappa shape index (κ1) is 14.0. The van der Waals surface area contributed by atoms with Crippen LogP contribution in [0.4, 0.5) is 0 Å². The molecule has 0 radical (unpaired) electrons. The second-order valence-electron chi connectivity index (χ2n) is 5.63. The van der Waals surface area contributed by atoms with Gasteiger partial charge in [0.05, 0.1) is 12.3 Å². The summed E-state index contributed by atoms with van der Waals surface area (Å²) < 4.78 is 30.0. The summed E-state index contributed by atoms with van der Waals surface area (Å²) in [6.07, 6.45) is 5.55. The summed E-state index contributed by atoms with van der Waals surface area (Å²) in [7, 11) is -3.12. The molecular formula is C12H20N4O3S. The van der Waals surface area contributed by atoms with Gasteiger partial charge in [0.1, 0.15) is 0 Å². The minimum Gasteiger partial charge on any atom is -0.339 e. The van der Waals surface area contributed by atoms with Crippen molar-refractivity contribution in [3.63, 3.8) is 0 Å². The summed E-state index contributed by atoms with van der Waals surface area (Å²) in [5, 5.41) is 4.10. The molecule has 2 fully saturated rings. The Morgan fingerprint density at radius 3 is 2.90 bits per heavy atom. The maximum atomic E-state index is 11.1. The van der Waals surface area contributed by atoms with Gasteiger partial charge in [-0.05, 0) is 32.2 Å². The molecule has 1 aromatic heterocycles. The fourth-order valence-electron chi connectivity index (χ4n) is 2.64. The number of likely N-dealkylation sites (tertiary alicyclic amines) is 1. The Balaban J connectivity index is 1.59. The molecule has 1 saturated carbocycles. The average Bonchev–Trinajstić information content (AvgIpc) is 2.92. The van der Waals surface area contributed by atoms with Gasteiger partial charge >= 0.3 is 0 Å². The normalized spacial score (nSPS) is 24.4. The Bertz CT molecular complexity index is 567. The van der Waals surface area contributed by atoms with E-state index in [2.05, 4.69) is 19.8 Å². The van der Waals surface area contributed by atoms with Gasteiger partial charge in [-0.1, -0.05) is 5.16 Å². The van der Waals surface area contributed by atoms with E-state index in [1.807, 2.05) is 0 Å². The van der Waals surface area contributed by atoms with Crippen LogP contribution in [0.3, 0.4) is 0 Å². The smallest absolute Gasteiger partial charge is 0.229 e. The van der Waals surface area contributed by atoms with Crippen LogP contribution in [-0.4, -0.2) is 49.3 Å². The van der Waals surface area contributed by atoms with E-state index in [-0.39, 0.29) is 6.04 Å². The Labute approximate surface area is 118 Å². The Morgan fingerprint density at radius 2 is 2.20 bits per heavy atom. The maximum Gasteiger partial charge on any atom is 0.229 e. The largest absolute Gasteiger partial charge is 0.339 e. The van der Waals surface area contributed by atoms with Crippen molar-refractivity contribution in [1.82, 2.24) is 19.8 Å². The van der Waals surface area contributed by atoms with Crippen LogP contribution in [-0.2, 0) is 10.0 Å². The fourth-order valence-corrected chi connectivity index (χ4v) is 3.10. The first-order valence-corrected chi connectivity index (χ1v) is 8.94. The van der Waals surface area contributed by atoms with E-state index in [1.54, 1.807) is 0 Å². The highest BCUT2D eigenvalue weighted by molar-refractivity contribution is 7.88. The van der Waals surface area contributed by atoms with E-state index in [0.717, 1.165) is 43.9 Å². The number of sulfonamides is 1. The highest BCUT2D eigenvalue weighted by Crippen LogP contribution is 2.40. The molecule has 0 amide bonds. The number of nitrogens with zero attached hydrogens (tertiary/aromatic N) is 3. The Kier molecular flexibility index (Phi) is 3.78. The molecule has 1 aliphatic heterocycles. The minimum atomic E-state index is -3.12. The van der Waals surface area contributed by atoms with E-state index in [0.29, 0.717) is 19.0 Å². The highest BCUT2D eigenvalue weighted by atomic mass is 32.2. The predicted octanol–water partition coefficient (Wildman–Crippen LogP) is 0.633. The lowest BCUT2D eigenvalue weighted by Gasteiger charge is -2.21. The van der Waals surface area contributed by atoms with Crippen LogP contribution >= 0.6 is 0 Å². The average molecular weight is 300 g/mol. The summed E-state index contributed by atoms with van der Waals surface area (Å²) in [6, 6.07) is 0.160. The molecule has 1 atom stereocenters. The van der Waals surface area contributed by atoms with Crippen LogP contribution in [0.2, 0.25) is 0 Å². The summed E-state index contributed by atoms with van der Waals surface area (Å²) in [5.74, 6) is 1.99. The molecule has 1 saturated heterocycles. The van der Waals surface area contributed by atoms with Crippen molar-refractivity contribution >= 4 is 10.0 Å². The van der Waals surface area contributed by atoms with Gasteiger partial charge in [0.2, 0.25) is 15.9 Å². The van der Waals surface area contributed by atoms with E-state index < -0.39 is 10.0 Å². The molecule has 112 valence electrons. The zero-order chi connectivity index (χ0) is 14.2. The standard InChI is InChI=1S/C12H20N4O3S/c1-20(17,18)13-6-8-16-7-2-3-10(16)11-14-12(19-15-11)9-4-5-9/h9-10,13H,2-8H2,1H3/t10-/m0/s1. The SMILES string of the molecule is CS(=O)(=O)NCCN1CCC[C@H]1c1noc(C2CC2)n1. The molecule has 1 aromatic rings. The van der Waals surface area contributed by atoms with Crippen molar-refractivity contribution in [2.45, 2.75) is 37.6 Å². The predicted molar refractivity (Wildman–Crippen MR) is 72.7 cm³/mol. The molecule has 0 aromatic carbocycles. The van der Waals surface area contributed by atoms with Crippen LogP contribution in [0.5, 0.6) is 0 Å². The molecule has 1 N–H and O–H groups in total. The molecule has 2 heterocycles. The van der Waals surface area contributed by atoms with Crippen molar-refractivity contribution in [1.29, 1.82) is 0 Å². The molecule has 0 spiro atoms. The van der Waals surface area contributed by atoms with Crippen molar-refractivity contribution < 1.29 is 12.9 Å². The zero-order valence-electron chi connectivity index (χ0n) is 11.6. The van der Waals surface area contributed by atoms with E-state index in [4.69, 9.17) is 4.52 Å². The van der Waals surface area contributed by atoms with Crippen LogP contribution in [0, 0.1) is 0 Å². The zero-order valence-corrected chi connectivity index (χ0v) is 12.4. The third kappa shape index (κ3) is 3.36. The lowest BCUT2D eigenvalue weighted by atomic mass is 10.2. The number of nitrogens with one attached hydrogen (secondary N) is 1. The van der Waals surface area contributed by atoms with Crippen LogP contribution in [0.25, 0.3) is 0 Å². The van der Waals surface area contributed by atoms with Gasteiger partial charge in [0.25, 0.3) is 0 Å². The quantitative estimate of drug-likeness (QED) is 0.829. The monoisotopic (exact) mass is 300 g/mol. The third-order valence-electron chi connectivity index (χ3n) is 3.81. The van der Waals surface area contributed by atoms with Crippen molar-refractivity contribution in [2.24, 2.45) is 0 Å². The summed E-state index contributed by atoms with van der Waals surface area (Å²) in [5.41, 5.74) is 0. The lowest BCUT2D eigenvalue weighted by molar-refractivity contribution is 0.246. The fraction of sp³-hybridized carbons (Fsp3) is 0.833. The first-order valence-electron chi connectivity index (χ1n) is 7.05. The molecule has 1 aliphatic carbocycles. The molecule has 0 bridgehead atoms. The van der Waals surface area contributed by atoms with Gasteiger partial charge in [-0.2, -0.15) is 4.98 Å². The van der Waals surface area contributed by atoms with Crippen molar-refractivity contribution in [3.8, 4) is 0 Å². The molecule has 0 unspecified atom stereocenters. The van der Waals surface area contributed by atoms with E-state index in [1.165, 1.54) is 6.26 Å². The van der Waals surface area contributed by atoms with E-state index >= 15 is 0 Å². The number of rotatable bonds is 6. The Morgan fingerprint density at radius 1 is 1.40 bits per heavy atom. The third-order valence-corrected chi connectivity index (χ3v) is 4.54. The summed E-state index contributed by atoms with van der Waals surface area (Å²) in [4.78, 5) is 6.73. The second-order valence-corrected chi connectivity index (χ2v) is 7.46. The number of hydrogen-bond donors (Lipinski definition) is 1.